The minimum absolute atomic E-state index is 0.364. The Morgan fingerprint density at radius 3 is 2.84 bits per heavy atom. The Balaban J connectivity index is 1.99. The largest absolute Gasteiger partial charge is 0.469 e. The molecule has 0 amide bonds. The topological polar surface area (TPSA) is 31.0 Å². The molecule has 0 radical (unpaired) electrons. The third-order valence-electron chi connectivity index (χ3n) is 3.09. The van der Waals surface area contributed by atoms with Gasteiger partial charge in [0.25, 0.3) is 0 Å². The lowest BCUT2D eigenvalue weighted by Gasteiger charge is -2.06. The second-order valence-electron chi connectivity index (χ2n) is 4.25. The molecule has 0 spiro atoms. The number of aryl methyl sites for hydroxylation is 2. The molecule has 0 unspecified atom stereocenters. The summed E-state index contributed by atoms with van der Waals surface area (Å²) in [6, 6.07) is 9.62. The molecule has 19 heavy (non-hydrogen) atoms. The van der Waals surface area contributed by atoms with Gasteiger partial charge in [0.05, 0.1) is 22.7 Å². The van der Waals surface area contributed by atoms with Crippen molar-refractivity contribution in [3.8, 4) is 0 Å². The highest BCUT2D eigenvalue weighted by molar-refractivity contribution is 6.35. The molecule has 2 heterocycles. The Hall–Kier alpha value is -1.45. The fraction of sp³-hybridized carbons (Fsp3) is 0.214. The Bertz CT molecular complexity index is 689. The molecule has 1 aromatic carbocycles. The molecule has 0 aliphatic carbocycles. The van der Waals surface area contributed by atoms with Gasteiger partial charge >= 0.3 is 0 Å². The Morgan fingerprint density at radius 1 is 1.21 bits per heavy atom. The average molecular weight is 295 g/mol. The lowest BCUT2D eigenvalue weighted by molar-refractivity contribution is 0.491. The Morgan fingerprint density at radius 2 is 2.11 bits per heavy atom. The van der Waals surface area contributed by atoms with E-state index in [0.717, 1.165) is 35.6 Å². The van der Waals surface area contributed by atoms with Gasteiger partial charge in [-0.25, -0.2) is 4.98 Å². The van der Waals surface area contributed by atoms with Crippen LogP contribution < -0.4 is 0 Å². The van der Waals surface area contributed by atoms with E-state index in [9.17, 15) is 0 Å². The van der Waals surface area contributed by atoms with Crippen LogP contribution in [0.15, 0.2) is 41.0 Å². The molecule has 3 rings (SSSR count). The first kappa shape index (κ1) is 12.6. The van der Waals surface area contributed by atoms with E-state index in [1.807, 2.05) is 30.3 Å². The summed E-state index contributed by atoms with van der Waals surface area (Å²) >= 11 is 12.1. The van der Waals surface area contributed by atoms with E-state index in [1.165, 1.54) is 0 Å². The second kappa shape index (κ2) is 5.27. The monoisotopic (exact) mass is 294 g/mol. The van der Waals surface area contributed by atoms with E-state index in [4.69, 9.17) is 27.6 Å². The fourth-order valence-corrected chi connectivity index (χ4v) is 2.61. The number of benzene rings is 1. The van der Waals surface area contributed by atoms with Crippen molar-refractivity contribution in [2.24, 2.45) is 0 Å². The highest BCUT2D eigenvalue weighted by Gasteiger charge is 2.12. The van der Waals surface area contributed by atoms with Gasteiger partial charge < -0.3 is 8.98 Å². The van der Waals surface area contributed by atoms with Crippen LogP contribution >= 0.6 is 23.2 Å². The van der Waals surface area contributed by atoms with E-state index < -0.39 is 0 Å². The zero-order valence-corrected chi connectivity index (χ0v) is 11.7. The number of furan rings is 1. The molecule has 98 valence electrons. The first-order valence-corrected chi connectivity index (χ1v) is 6.93. The molecule has 0 N–H and O–H groups in total. The molecule has 3 aromatic rings. The number of imidazole rings is 1. The number of alkyl halides is 1. The summed E-state index contributed by atoms with van der Waals surface area (Å²) in [5.41, 5.74) is 1.81. The van der Waals surface area contributed by atoms with Crippen LogP contribution in [-0.2, 0) is 18.8 Å². The van der Waals surface area contributed by atoms with Gasteiger partial charge in [0, 0.05) is 13.0 Å². The fourth-order valence-electron chi connectivity index (χ4n) is 2.19. The molecule has 0 saturated carbocycles. The van der Waals surface area contributed by atoms with Gasteiger partial charge in [-0.15, -0.1) is 11.6 Å². The molecular formula is C14H12Cl2N2O. The predicted molar refractivity (Wildman–Crippen MR) is 76.7 cm³/mol. The molecule has 5 heteroatoms. The van der Waals surface area contributed by atoms with Crippen molar-refractivity contribution in [1.29, 1.82) is 0 Å². The van der Waals surface area contributed by atoms with E-state index in [0.29, 0.717) is 10.9 Å². The summed E-state index contributed by atoms with van der Waals surface area (Å²) in [4.78, 5) is 4.50. The number of aromatic nitrogens is 2. The lowest BCUT2D eigenvalue weighted by atomic mass is 10.3. The first-order valence-electron chi connectivity index (χ1n) is 6.01. The van der Waals surface area contributed by atoms with E-state index in [-0.39, 0.29) is 0 Å². The summed E-state index contributed by atoms with van der Waals surface area (Å²) in [7, 11) is 0. The van der Waals surface area contributed by atoms with Gasteiger partial charge in [-0.3, -0.25) is 0 Å². The molecule has 0 atom stereocenters. The smallest absolute Gasteiger partial charge is 0.124 e. The number of hydrogen-bond donors (Lipinski definition) is 0. The van der Waals surface area contributed by atoms with Gasteiger partial charge in [0.15, 0.2) is 0 Å². The van der Waals surface area contributed by atoms with E-state index >= 15 is 0 Å². The van der Waals surface area contributed by atoms with Crippen molar-refractivity contribution in [2.45, 2.75) is 18.8 Å². The van der Waals surface area contributed by atoms with Crippen molar-refractivity contribution >= 4 is 34.2 Å². The highest BCUT2D eigenvalue weighted by Crippen LogP contribution is 2.25. The molecule has 2 aromatic heterocycles. The number of rotatable bonds is 4. The maximum atomic E-state index is 6.16. The minimum Gasteiger partial charge on any atom is -0.469 e. The maximum Gasteiger partial charge on any atom is 0.124 e. The molecule has 3 nitrogen and oxygen atoms in total. The lowest BCUT2D eigenvalue weighted by Crippen LogP contribution is -2.04. The number of fused-ring (bicyclic) bond motifs is 1. The van der Waals surface area contributed by atoms with Crippen molar-refractivity contribution in [3.63, 3.8) is 0 Å². The van der Waals surface area contributed by atoms with Crippen LogP contribution in [-0.4, -0.2) is 9.55 Å². The van der Waals surface area contributed by atoms with Crippen LogP contribution in [0, 0.1) is 0 Å². The molecule has 0 fully saturated rings. The Kier molecular flexibility index (Phi) is 3.49. The third-order valence-corrected chi connectivity index (χ3v) is 3.63. The van der Waals surface area contributed by atoms with Gasteiger partial charge in [0.1, 0.15) is 17.1 Å². The third kappa shape index (κ3) is 2.36. The zero-order chi connectivity index (χ0) is 13.2. The maximum absolute atomic E-state index is 6.16. The number of hydrogen-bond acceptors (Lipinski definition) is 2. The average Bonchev–Trinajstić information content (AvgIpc) is 3.03. The van der Waals surface area contributed by atoms with Crippen LogP contribution in [0.2, 0.25) is 5.02 Å². The standard InChI is InChI=1S/C14H12Cl2N2O/c15-9-13-17-14-11(16)4-1-5-12(14)18(13)7-6-10-3-2-8-19-10/h1-5,8H,6-7,9H2. The summed E-state index contributed by atoms with van der Waals surface area (Å²) < 4.78 is 7.44. The van der Waals surface area contributed by atoms with Crippen LogP contribution in [0.3, 0.4) is 0 Å². The summed E-state index contributed by atoms with van der Waals surface area (Å²) in [5.74, 6) is 2.14. The van der Waals surface area contributed by atoms with Crippen molar-refractivity contribution in [3.05, 3.63) is 53.2 Å². The van der Waals surface area contributed by atoms with Crippen molar-refractivity contribution in [1.82, 2.24) is 9.55 Å². The number of nitrogens with zero attached hydrogens (tertiary/aromatic N) is 2. The van der Waals surface area contributed by atoms with Gasteiger partial charge in [-0.05, 0) is 24.3 Å². The van der Waals surface area contributed by atoms with E-state index in [1.54, 1.807) is 6.26 Å². The second-order valence-corrected chi connectivity index (χ2v) is 4.92. The van der Waals surface area contributed by atoms with Crippen molar-refractivity contribution < 1.29 is 4.42 Å². The Labute approximate surface area is 120 Å². The van der Waals surface area contributed by atoms with Gasteiger partial charge in [-0.1, -0.05) is 17.7 Å². The predicted octanol–water partition coefficient (Wildman–Crippen LogP) is 4.26. The van der Waals surface area contributed by atoms with Crippen LogP contribution in [0.1, 0.15) is 11.6 Å². The zero-order valence-electron chi connectivity index (χ0n) is 10.1. The summed E-state index contributed by atoms with van der Waals surface area (Å²) in [5, 5.41) is 0.653. The molecule has 0 saturated heterocycles. The normalized spacial score (nSPS) is 11.3. The van der Waals surface area contributed by atoms with Crippen LogP contribution in [0.25, 0.3) is 11.0 Å². The minimum atomic E-state index is 0.364. The quantitative estimate of drug-likeness (QED) is 0.673. The SMILES string of the molecule is ClCc1nc2c(Cl)cccc2n1CCc1ccco1. The number of para-hydroxylation sites is 1. The summed E-state index contributed by atoms with van der Waals surface area (Å²) in [6.07, 6.45) is 2.48. The van der Waals surface area contributed by atoms with Gasteiger partial charge in [0.2, 0.25) is 0 Å². The van der Waals surface area contributed by atoms with Crippen molar-refractivity contribution in [2.75, 3.05) is 0 Å². The first-order chi connectivity index (χ1) is 9.29. The molecule has 0 aliphatic heterocycles. The van der Waals surface area contributed by atoms with Gasteiger partial charge in [-0.2, -0.15) is 0 Å². The molecule has 0 bridgehead atoms. The number of halogens is 2. The highest BCUT2D eigenvalue weighted by atomic mass is 35.5. The molecule has 0 aliphatic rings. The summed E-state index contributed by atoms with van der Waals surface area (Å²) in [6.45, 7) is 0.770. The molecular weight excluding hydrogens is 283 g/mol. The van der Waals surface area contributed by atoms with Crippen LogP contribution in [0.5, 0.6) is 0 Å². The van der Waals surface area contributed by atoms with E-state index in [2.05, 4.69) is 9.55 Å². The van der Waals surface area contributed by atoms with Crippen LogP contribution in [0.4, 0.5) is 0 Å².